The van der Waals surface area contributed by atoms with Crippen molar-refractivity contribution in [2.24, 2.45) is 11.8 Å². The van der Waals surface area contributed by atoms with Crippen LogP contribution in [-0.2, 0) is 10.2 Å². The molecule has 3 nitrogen and oxygen atoms in total. The second-order valence-corrected chi connectivity index (χ2v) is 9.17. The molecule has 1 aromatic rings. The highest BCUT2D eigenvalue weighted by atomic mass is 16.2. The van der Waals surface area contributed by atoms with Gasteiger partial charge in [-0.1, -0.05) is 44.2 Å². The van der Waals surface area contributed by atoms with Crippen molar-refractivity contribution in [1.29, 1.82) is 0 Å². The van der Waals surface area contributed by atoms with E-state index in [0.717, 1.165) is 17.9 Å². The van der Waals surface area contributed by atoms with Gasteiger partial charge in [0.1, 0.15) is 0 Å². The van der Waals surface area contributed by atoms with Crippen LogP contribution in [0.25, 0.3) is 0 Å². The van der Waals surface area contributed by atoms with Crippen molar-refractivity contribution in [3.8, 4) is 0 Å². The highest BCUT2D eigenvalue weighted by molar-refractivity contribution is 5.77. The molecule has 0 aliphatic heterocycles. The van der Waals surface area contributed by atoms with Crippen molar-refractivity contribution in [3.63, 3.8) is 0 Å². The Labute approximate surface area is 153 Å². The molecule has 1 aromatic carbocycles. The van der Waals surface area contributed by atoms with Crippen LogP contribution in [0.2, 0.25) is 0 Å². The molecule has 0 saturated heterocycles. The largest absolute Gasteiger partial charge is 0.343 e. The first kappa shape index (κ1) is 18.4. The van der Waals surface area contributed by atoms with Crippen molar-refractivity contribution in [2.45, 2.75) is 63.5 Å². The SMILES string of the molecule is CN(C)C1C[C@@H]2CC(N(C)C(=O)CC(C)(C)c3ccccc3)C[C@@H]2C1. The summed E-state index contributed by atoms with van der Waals surface area (Å²) in [6.45, 7) is 4.36. The van der Waals surface area contributed by atoms with Crippen LogP contribution in [0, 0.1) is 11.8 Å². The average molecular weight is 343 g/mol. The van der Waals surface area contributed by atoms with E-state index >= 15 is 0 Å². The summed E-state index contributed by atoms with van der Waals surface area (Å²) in [6.07, 6.45) is 5.60. The normalized spacial score (nSPS) is 29.0. The molecule has 2 unspecified atom stereocenters. The van der Waals surface area contributed by atoms with Gasteiger partial charge in [-0.05, 0) is 62.6 Å². The highest BCUT2D eigenvalue weighted by Gasteiger charge is 2.44. The predicted molar refractivity (Wildman–Crippen MR) is 104 cm³/mol. The number of benzene rings is 1. The summed E-state index contributed by atoms with van der Waals surface area (Å²) < 4.78 is 0. The van der Waals surface area contributed by atoms with Gasteiger partial charge in [-0.15, -0.1) is 0 Å². The Balaban J connectivity index is 1.57. The van der Waals surface area contributed by atoms with E-state index in [1.54, 1.807) is 0 Å². The number of fused-ring (bicyclic) bond motifs is 1. The van der Waals surface area contributed by atoms with E-state index in [0.29, 0.717) is 18.4 Å². The summed E-state index contributed by atoms with van der Waals surface area (Å²) in [6, 6.07) is 11.6. The summed E-state index contributed by atoms with van der Waals surface area (Å²) in [5.74, 6) is 1.92. The molecule has 3 heteroatoms. The standard InChI is InChI=1S/C22H34N2O/c1-22(2,18-9-7-6-8-10-18)15-21(25)24(5)20-13-16-11-19(23(3)4)12-17(16)14-20/h6-10,16-17,19-20H,11-15H2,1-5H3/t16-,17+,19?,20?. The van der Waals surface area contributed by atoms with Crippen LogP contribution >= 0.6 is 0 Å². The fourth-order valence-electron chi connectivity index (χ4n) is 4.99. The summed E-state index contributed by atoms with van der Waals surface area (Å²) in [5, 5.41) is 0. The lowest BCUT2D eigenvalue weighted by Gasteiger charge is -2.31. The molecule has 2 fully saturated rings. The van der Waals surface area contributed by atoms with Crippen LogP contribution in [0.15, 0.2) is 30.3 Å². The molecule has 25 heavy (non-hydrogen) atoms. The molecule has 0 N–H and O–H groups in total. The van der Waals surface area contributed by atoms with Crippen molar-refractivity contribution < 1.29 is 4.79 Å². The first-order chi connectivity index (χ1) is 11.8. The van der Waals surface area contributed by atoms with Gasteiger partial charge in [0.05, 0.1) is 0 Å². The van der Waals surface area contributed by atoms with E-state index in [1.807, 2.05) is 13.1 Å². The van der Waals surface area contributed by atoms with Gasteiger partial charge in [-0.2, -0.15) is 0 Å². The van der Waals surface area contributed by atoms with Gasteiger partial charge in [0.25, 0.3) is 0 Å². The second kappa shape index (κ2) is 7.11. The molecule has 4 atom stereocenters. The average Bonchev–Trinajstić information content (AvgIpc) is 3.13. The number of carbonyl (C=O) groups is 1. The van der Waals surface area contributed by atoms with E-state index in [2.05, 4.69) is 62.0 Å². The molecule has 138 valence electrons. The Hall–Kier alpha value is -1.35. The van der Waals surface area contributed by atoms with Gasteiger partial charge < -0.3 is 9.80 Å². The van der Waals surface area contributed by atoms with E-state index in [9.17, 15) is 4.79 Å². The zero-order chi connectivity index (χ0) is 18.2. The van der Waals surface area contributed by atoms with Crippen LogP contribution < -0.4 is 0 Å². The molecule has 0 bridgehead atoms. The Morgan fingerprint density at radius 3 is 2.00 bits per heavy atom. The van der Waals surface area contributed by atoms with Crippen molar-refractivity contribution >= 4 is 5.91 Å². The summed E-state index contributed by atoms with van der Waals surface area (Å²) in [4.78, 5) is 17.4. The van der Waals surface area contributed by atoms with Gasteiger partial charge in [0.15, 0.2) is 0 Å². The first-order valence-electron chi connectivity index (χ1n) is 9.75. The number of hydrogen-bond acceptors (Lipinski definition) is 2. The zero-order valence-electron chi connectivity index (χ0n) is 16.5. The number of nitrogens with zero attached hydrogens (tertiary/aromatic N) is 2. The van der Waals surface area contributed by atoms with Crippen LogP contribution in [0.1, 0.15) is 51.5 Å². The summed E-state index contributed by atoms with van der Waals surface area (Å²) in [7, 11) is 6.42. The lowest BCUT2D eigenvalue weighted by molar-refractivity contribution is -0.133. The topological polar surface area (TPSA) is 23.6 Å². The molecule has 0 radical (unpaired) electrons. The Morgan fingerprint density at radius 1 is 0.960 bits per heavy atom. The minimum Gasteiger partial charge on any atom is -0.343 e. The number of hydrogen-bond donors (Lipinski definition) is 0. The third kappa shape index (κ3) is 3.92. The first-order valence-corrected chi connectivity index (χ1v) is 9.75. The van der Waals surface area contributed by atoms with E-state index < -0.39 is 0 Å². The van der Waals surface area contributed by atoms with Gasteiger partial charge >= 0.3 is 0 Å². The van der Waals surface area contributed by atoms with Crippen molar-refractivity contribution in [1.82, 2.24) is 9.80 Å². The zero-order valence-corrected chi connectivity index (χ0v) is 16.5. The molecule has 0 heterocycles. The predicted octanol–water partition coefficient (Wildman–Crippen LogP) is 3.93. The monoisotopic (exact) mass is 342 g/mol. The molecular formula is C22H34N2O. The summed E-state index contributed by atoms with van der Waals surface area (Å²) in [5.41, 5.74) is 1.13. The Bertz CT molecular complexity index is 581. The molecule has 2 aliphatic rings. The van der Waals surface area contributed by atoms with Gasteiger partial charge in [0.2, 0.25) is 5.91 Å². The fourth-order valence-corrected chi connectivity index (χ4v) is 4.99. The quantitative estimate of drug-likeness (QED) is 0.809. The Kier molecular flexibility index (Phi) is 5.24. The molecule has 0 spiro atoms. The minimum atomic E-state index is -0.114. The highest BCUT2D eigenvalue weighted by Crippen LogP contribution is 2.46. The molecule has 0 aromatic heterocycles. The Morgan fingerprint density at radius 2 is 1.48 bits per heavy atom. The van der Waals surface area contributed by atoms with Gasteiger partial charge in [-0.25, -0.2) is 0 Å². The van der Waals surface area contributed by atoms with Crippen LogP contribution in [0.4, 0.5) is 0 Å². The number of amides is 1. The van der Waals surface area contributed by atoms with Gasteiger partial charge in [0, 0.05) is 25.6 Å². The van der Waals surface area contributed by atoms with Crippen LogP contribution in [0.5, 0.6) is 0 Å². The van der Waals surface area contributed by atoms with Crippen molar-refractivity contribution in [3.05, 3.63) is 35.9 Å². The minimum absolute atomic E-state index is 0.114. The summed E-state index contributed by atoms with van der Waals surface area (Å²) >= 11 is 0. The molecular weight excluding hydrogens is 308 g/mol. The maximum Gasteiger partial charge on any atom is 0.223 e. The van der Waals surface area contributed by atoms with E-state index in [1.165, 1.54) is 31.2 Å². The molecule has 2 aliphatic carbocycles. The van der Waals surface area contributed by atoms with Crippen molar-refractivity contribution in [2.75, 3.05) is 21.1 Å². The number of carbonyl (C=O) groups excluding carboxylic acids is 1. The third-order valence-electron chi connectivity index (χ3n) is 6.79. The van der Waals surface area contributed by atoms with E-state index in [4.69, 9.17) is 0 Å². The maximum atomic E-state index is 12.9. The maximum absolute atomic E-state index is 12.9. The molecule has 3 rings (SSSR count). The van der Waals surface area contributed by atoms with Crippen LogP contribution in [0.3, 0.4) is 0 Å². The van der Waals surface area contributed by atoms with Gasteiger partial charge in [-0.3, -0.25) is 4.79 Å². The lowest BCUT2D eigenvalue weighted by Crippen LogP contribution is -2.39. The fraction of sp³-hybridized carbons (Fsp3) is 0.682. The molecule has 1 amide bonds. The lowest BCUT2D eigenvalue weighted by atomic mass is 9.81. The third-order valence-corrected chi connectivity index (χ3v) is 6.79. The van der Waals surface area contributed by atoms with Crippen LogP contribution in [-0.4, -0.2) is 48.9 Å². The second-order valence-electron chi connectivity index (χ2n) is 9.17. The molecule has 2 saturated carbocycles. The van der Waals surface area contributed by atoms with E-state index in [-0.39, 0.29) is 5.41 Å². The number of rotatable bonds is 5. The smallest absolute Gasteiger partial charge is 0.223 e.